The van der Waals surface area contributed by atoms with Crippen LogP contribution in [0.4, 0.5) is 0 Å². The number of rotatable bonds is 7. The minimum atomic E-state index is 0.169. The standard InChI is InChI=1S/C15H22O2/c1-4-7-14(16)11-10-13-8-5-6-9-15(13)17-12(2)3/h5-6,8-9,12H,4,7,10-11H2,1-3H3. The van der Waals surface area contributed by atoms with Gasteiger partial charge < -0.3 is 4.74 Å². The summed E-state index contributed by atoms with van der Waals surface area (Å²) >= 11 is 0. The molecule has 0 aromatic heterocycles. The lowest BCUT2D eigenvalue weighted by Gasteiger charge is -2.13. The molecule has 0 aliphatic rings. The Morgan fingerprint density at radius 1 is 1.24 bits per heavy atom. The summed E-state index contributed by atoms with van der Waals surface area (Å²) in [5.74, 6) is 1.25. The van der Waals surface area contributed by atoms with E-state index in [1.807, 2.05) is 45.0 Å². The Balaban J connectivity index is 2.60. The molecule has 0 heterocycles. The van der Waals surface area contributed by atoms with E-state index < -0.39 is 0 Å². The first kappa shape index (κ1) is 13.8. The molecule has 0 saturated carbocycles. The molecule has 0 aliphatic carbocycles. The van der Waals surface area contributed by atoms with Crippen molar-refractivity contribution in [1.82, 2.24) is 0 Å². The van der Waals surface area contributed by atoms with E-state index in [4.69, 9.17) is 4.74 Å². The summed E-state index contributed by atoms with van der Waals surface area (Å²) in [5, 5.41) is 0. The second-order valence-corrected chi connectivity index (χ2v) is 4.56. The summed E-state index contributed by atoms with van der Waals surface area (Å²) in [7, 11) is 0. The van der Waals surface area contributed by atoms with Crippen LogP contribution in [0.2, 0.25) is 0 Å². The second kappa shape index (κ2) is 7.10. The van der Waals surface area contributed by atoms with Crippen LogP contribution in [-0.2, 0) is 11.2 Å². The maximum absolute atomic E-state index is 11.5. The topological polar surface area (TPSA) is 26.3 Å². The Labute approximate surface area is 104 Å². The quantitative estimate of drug-likeness (QED) is 0.717. The van der Waals surface area contributed by atoms with E-state index in [1.165, 1.54) is 0 Å². The highest BCUT2D eigenvalue weighted by Crippen LogP contribution is 2.21. The number of Topliss-reactive ketones (excluding diaryl/α,β-unsaturated/α-hetero) is 1. The Bertz CT molecular complexity index is 356. The van der Waals surface area contributed by atoms with Gasteiger partial charge in [-0.3, -0.25) is 4.79 Å². The van der Waals surface area contributed by atoms with Crippen molar-refractivity contribution in [2.75, 3.05) is 0 Å². The van der Waals surface area contributed by atoms with E-state index in [2.05, 4.69) is 0 Å². The Kier molecular flexibility index (Phi) is 5.75. The van der Waals surface area contributed by atoms with Crippen molar-refractivity contribution < 1.29 is 9.53 Å². The molecule has 1 rings (SSSR count). The fourth-order valence-corrected chi connectivity index (χ4v) is 1.76. The number of carbonyl (C=O) groups is 1. The molecule has 1 aromatic carbocycles. The molecule has 17 heavy (non-hydrogen) atoms. The third kappa shape index (κ3) is 5.03. The summed E-state index contributed by atoms with van der Waals surface area (Å²) in [6.07, 6.45) is 3.19. The number of ketones is 1. The van der Waals surface area contributed by atoms with E-state index in [0.717, 1.165) is 24.2 Å². The largest absolute Gasteiger partial charge is 0.491 e. The van der Waals surface area contributed by atoms with Crippen molar-refractivity contribution in [3.8, 4) is 5.75 Å². The third-order valence-electron chi connectivity index (χ3n) is 2.54. The zero-order valence-corrected chi connectivity index (χ0v) is 11.0. The summed E-state index contributed by atoms with van der Waals surface area (Å²) in [4.78, 5) is 11.5. The minimum Gasteiger partial charge on any atom is -0.491 e. The molecule has 0 spiro atoms. The van der Waals surface area contributed by atoms with Crippen molar-refractivity contribution in [3.63, 3.8) is 0 Å². The number of benzene rings is 1. The highest BCUT2D eigenvalue weighted by atomic mass is 16.5. The smallest absolute Gasteiger partial charge is 0.133 e. The summed E-state index contributed by atoms with van der Waals surface area (Å²) in [6.45, 7) is 6.06. The fraction of sp³-hybridized carbons (Fsp3) is 0.533. The van der Waals surface area contributed by atoms with Gasteiger partial charge >= 0.3 is 0 Å². The van der Waals surface area contributed by atoms with Gasteiger partial charge in [0.2, 0.25) is 0 Å². The fourth-order valence-electron chi connectivity index (χ4n) is 1.76. The monoisotopic (exact) mass is 234 g/mol. The summed E-state index contributed by atoms with van der Waals surface area (Å²) in [6, 6.07) is 7.97. The molecule has 0 bridgehead atoms. The zero-order chi connectivity index (χ0) is 12.7. The number of para-hydroxylation sites is 1. The number of carbonyl (C=O) groups excluding carboxylic acids is 1. The predicted octanol–water partition coefficient (Wildman–Crippen LogP) is 3.78. The van der Waals surface area contributed by atoms with E-state index in [1.54, 1.807) is 0 Å². The van der Waals surface area contributed by atoms with Crippen LogP contribution in [-0.4, -0.2) is 11.9 Å². The van der Waals surface area contributed by atoms with E-state index in [0.29, 0.717) is 18.6 Å². The van der Waals surface area contributed by atoms with Crippen molar-refractivity contribution in [1.29, 1.82) is 0 Å². The zero-order valence-electron chi connectivity index (χ0n) is 11.0. The van der Waals surface area contributed by atoms with Crippen LogP contribution in [0.25, 0.3) is 0 Å². The van der Waals surface area contributed by atoms with Crippen molar-refractivity contribution in [2.24, 2.45) is 0 Å². The Morgan fingerprint density at radius 3 is 2.59 bits per heavy atom. The van der Waals surface area contributed by atoms with Gasteiger partial charge in [0.15, 0.2) is 0 Å². The average molecular weight is 234 g/mol. The van der Waals surface area contributed by atoms with Gasteiger partial charge in [-0.25, -0.2) is 0 Å². The van der Waals surface area contributed by atoms with Gasteiger partial charge in [-0.2, -0.15) is 0 Å². The molecule has 94 valence electrons. The lowest BCUT2D eigenvalue weighted by molar-refractivity contribution is -0.119. The van der Waals surface area contributed by atoms with E-state index >= 15 is 0 Å². The molecule has 0 unspecified atom stereocenters. The highest BCUT2D eigenvalue weighted by molar-refractivity contribution is 5.78. The van der Waals surface area contributed by atoms with Gasteiger partial charge in [0.1, 0.15) is 11.5 Å². The summed E-state index contributed by atoms with van der Waals surface area (Å²) in [5.41, 5.74) is 1.13. The van der Waals surface area contributed by atoms with Crippen LogP contribution < -0.4 is 4.74 Å². The Hall–Kier alpha value is -1.31. The average Bonchev–Trinajstić information content (AvgIpc) is 2.27. The molecule has 0 atom stereocenters. The van der Waals surface area contributed by atoms with Crippen LogP contribution in [0.3, 0.4) is 0 Å². The van der Waals surface area contributed by atoms with Crippen LogP contribution in [0.15, 0.2) is 24.3 Å². The number of hydrogen-bond acceptors (Lipinski definition) is 2. The highest BCUT2D eigenvalue weighted by Gasteiger charge is 2.07. The first-order valence-electron chi connectivity index (χ1n) is 6.39. The molecule has 0 radical (unpaired) electrons. The first-order chi connectivity index (χ1) is 8.13. The summed E-state index contributed by atoms with van der Waals surface area (Å²) < 4.78 is 5.73. The second-order valence-electron chi connectivity index (χ2n) is 4.56. The molecule has 0 amide bonds. The van der Waals surface area contributed by atoms with Gasteiger partial charge in [-0.05, 0) is 38.3 Å². The lowest BCUT2D eigenvalue weighted by atomic mass is 10.0. The van der Waals surface area contributed by atoms with Gasteiger partial charge in [0, 0.05) is 12.8 Å². The molecule has 0 fully saturated rings. The molecule has 0 aliphatic heterocycles. The Morgan fingerprint density at radius 2 is 1.94 bits per heavy atom. The normalized spacial score (nSPS) is 10.6. The van der Waals surface area contributed by atoms with Crippen LogP contribution >= 0.6 is 0 Å². The molecule has 0 N–H and O–H groups in total. The molecule has 2 nitrogen and oxygen atoms in total. The van der Waals surface area contributed by atoms with Crippen molar-refractivity contribution >= 4 is 5.78 Å². The van der Waals surface area contributed by atoms with Crippen LogP contribution in [0.1, 0.15) is 45.6 Å². The maximum Gasteiger partial charge on any atom is 0.133 e. The number of ether oxygens (including phenoxy) is 1. The van der Waals surface area contributed by atoms with E-state index in [9.17, 15) is 4.79 Å². The van der Waals surface area contributed by atoms with Crippen LogP contribution in [0.5, 0.6) is 5.75 Å². The predicted molar refractivity (Wildman–Crippen MR) is 70.4 cm³/mol. The first-order valence-corrected chi connectivity index (χ1v) is 6.39. The minimum absolute atomic E-state index is 0.169. The van der Waals surface area contributed by atoms with Crippen LogP contribution in [0, 0.1) is 0 Å². The van der Waals surface area contributed by atoms with Gasteiger partial charge in [0.05, 0.1) is 6.10 Å². The maximum atomic E-state index is 11.5. The molecular formula is C15H22O2. The van der Waals surface area contributed by atoms with Gasteiger partial charge in [0.25, 0.3) is 0 Å². The lowest BCUT2D eigenvalue weighted by Crippen LogP contribution is -2.08. The number of hydrogen-bond donors (Lipinski definition) is 0. The van der Waals surface area contributed by atoms with Crippen molar-refractivity contribution in [2.45, 2.75) is 52.6 Å². The van der Waals surface area contributed by atoms with Crippen molar-refractivity contribution in [3.05, 3.63) is 29.8 Å². The molecule has 0 saturated heterocycles. The molecular weight excluding hydrogens is 212 g/mol. The van der Waals surface area contributed by atoms with E-state index in [-0.39, 0.29) is 6.10 Å². The SMILES string of the molecule is CCCC(=O)CCc1ccccc1OC(C)C. The molecule has 2 heteroatoms. The third-order valence-corrected chi connectivity index (χ3v) is 2.54. The van der Waals surface area contributed by atoms with Gasteiger partial charge in [-0.1, -0.05) is 25.1 Å². The van der Waals surface area contributed by atoms with Gasteiger partial charge in [-0.15, -0.1) is 0 Å². The molecule has 1 aromatic rings. The number of aryl methyl sites for hydroxylation is 1.